The minimum atomic E-state index is -0.332. The van der Waals surface area contributed by atoms with Crippen LogP contribution >= 0.6 is 0 Å². The van der Waals surface area contributed by atoms with Crippen LogP contribution in [0.2, 0.25) is 0 Å². The maximum Gasteiger partial charge on any atom is 0.309 e. The summed E-state index contributed by atoms with van der Waals surface area (Å²) < 4.78 is 5.08. The van der Waals surface area contributed by atoms with Crippen molar-refractivity contribution in [2.75, 3.05) is 6.61 Å². The Kier molecular flexibility index (Phi) is 4.36. The summed E-state index contributed by atoms with van der Waals surface area (Å²) in [5.41, 5.74) is 1.34. The Morgan fingerprint density at radius 1 is 1.55 bits per heavy atom. The van der Waals surface area contributed by atoms with Gasteiger partial charge < -0.3 is 4.74 Å². The van der Waals surface area contributed by atoms with Crippen LogP contribution in [0.25, 0.3) is 0 Å². The number of Topliss-reactive ketones (excluding diaryl/α,β-unsaturated/α-hetero) is 1. The number of ketones is 1. The lowest BCUT2D eigenvalue weighted by Gasteiger charge is -2.48. The van der Waals surface area contributed by atoms with Gasteiger partial charge in [0.1, 0.15) is 5.78 Å². The molecule has 2 aliphatic rings. The van der Waals surface area contributed by atoms with Crippen molar-refractivity contribution in [2.24, 2.45) is 23.2 Å². The Morgan fingerprint density at radius 2 is 2.25 bits per heavy atom. The van der Waals surface area contributed by atoms with E-state index >= 15 is 0 Å². The maximum atomic E-state index is 12.5. The summed E-state index contributed by atoms with van der Waals surface area (Å²) in [5, 5.41) is 0. The number of carbonyl (C=O) groups excluding carboxylic acids is 2. The van der Waals surface area contributed by atoms with Gasteiger partial charge in [0, 0.05) is 12.3 Å². The van der Waals surface area contributed by atoms with Crippen LogP contribution < -0.4 is 0 Å². The molecule has 2 unspecified atom stereocenters. The molecule has 2 rings (SSSR count). The van der Waals surface area contributed by atoms with Gasteiger partial charge in [-0.25, -0.2) is 0 Å². The third-order valence-electron chi connectivity index (χ3n) is 5.32. The second-order valence-corrected chi connectivity index (χ2v) is 6.74. The summed E-state index contributed by atoms with van der Waals surface area (Å²) in [7, 11) is 0. The number of fused-ring (bicyclic) bond motifs is 1. The fourth-order valence-corrected chi connectivity index (χ4v) is 4.06. The average molecular weight is 278 g/mol. The number of hydrogen-bond acceptors (Lipinski definition) is 3. The molecule has 0 amide bonds. The van der Waals surface area contributed by atoms with Crippen molar-refractivity contribution in [3.63, 3.8) is 0 Å². The second kappa shape index (κ2) is 5.71. The minimum Gasteiger partial charge on any atom is -0.466 e. The topological polar surface area (TPSA) is 43.4 Å². The predicted molar refractivity (Wildman–Crippen MR) is 78.1 cm³/mol. The molecule has 0 N–H and O–H groups in total. The molecule has 0 heterocycles. The van der Waals surface area contributed by atoms with Gasteiger partial charge in [0.25, 0.3) is 0 Å². The highest BCUT2D eigenvalue weighted by Gasteiger charge is 2.48. The Morgan fingerprint density at radius 3 is 2.90 bits per heavy atom. The summed E-state index contributed by atoms with van der Waals surface area (Å²) in [6, 6.07) is 0. The smallest absolute Gasteiger partial charge is 0.309 e. The van der Waals surface area contributed by atoms with Crippen molar-refractivity contribution in [1.82, 2.24) is 0 Å². The highest BCUT2D eigenvalue weighted by molar-refractivity contribution is 5.88. The molecule has 4 atom stereocenters. The molecule has 112 valence electrons. The molecule has 0 aromatic carbocycles. The van der Waals surface area contributed by atoms with Crippen molar-refractivity contribution in [3.05, 3.63) is 12.2 Å². The van der Waals surface area contributed by atoms with E-state index in [-0.39, 0.29) is 29.0 Å². The zero-order chi connectivity index (χ0) is 14.9. The normalized spacial score (nSPS) is 35.4. The lowest BCUT2D eigenvalue weighted by molar-refractivity contribution is -0.154. The van der Waals surface area contributed by atoms with Crippen LogP contribution in [-0.2, 0) is 14.3 Å². The van der Waals surface area contributed by atoms with Gasteiger partial charge >= 0.3 is 5.97 Å². The molecule has 3 nitrogen and oxygen atoms in total. The molecule has 3 heteroatoms. The summed E-state index contributed by atoms with van der Waals surface area (Å²) in [6.45, 7) is 10.4. The Hall–Kier alpha value is -1.12. The van der Waals surface area contributed by atoms with Crippen LogP contribution in [0.5, 0.6) is 0 Å². The molecule has 0 aliphatic heterocycles. The fourth-order valence-electron chi connectivity index (χ4n) is 4.06. The highest BCUT2D eigenvalue weighted by atomic mass is 16.5. The van der Waals surface area contributed by atoms with Gasteiger partial charge in [0.05, 0.1) is 12.5 Å². The summed E-state index contributed by atoms with van der Waals surface area (Å²) in [5.74, 6) is -0.144. The highest BCUT2D eigenvalue weighted by Crippen LogP contribution is 2.53. The summed E-state index contributed by atoms with van der Waals surface area (Å²) in [4.78, 5) is 24.4. The zero-order valence-electron chi connectivity index (χ0n) is 12.9. The average Bonchev–Trinajstić information content (AvgIpc) is 2.37. The molecular weight excluding hydrogens is 252 g/mol. The number of rotatable bonds is 3. The SMILES string of the molecule is C=C1CCC[C@@]2(C)CC(=O)C(C(C)C(=O)OCC)C[C@H]12. The molecular formula is C17H26O3. The first-order valence-electron chi connectivity index (χ1n) is 7.76. The standard InChI is InChI=1S/C17H26O3/c1-5-20-16(19)12(3)13-9-14-11(2)7-6-8-17(14,4)10-15(13)18/h12-14H,2,5-10H2,1,3-4H3/t12?,13?,14-,17+/m1/s1. The van der Waals surface area contributed by atoms with E-state index < -0.39 is 0 Å². The number of allylic oxidation sites excluding steroid dienone is 1. The fraction of sp³-hybridized carbons (Fsp3) is 0.765. The maximum absolute atomic E-state index is 12.5. The monoisotopic (exact) mass is 278 g/mol. The van der Waals surface area contributed by atoms with Gasteiger partial charge in [-0.2, -0.15) is 0 Å². The molecule has 0 aromatic heterocycles. The molecule has 2 fully saturated rings. The molecule has 0 saturated heterocycles. The molecule has 2 saturated carbocycles. The van der Waals surface area contributed by atoms with Crippen molar-refractivity contribution in [1.29, 1.82) is 0 Å². The van der Waals surface area contributed by atoms with E-state index in [9.17, 15) is 9.59 Å². The molecule has 20 heavy (non-hydrogen) atoms. The van der Waals surface area contributed by atoms with E-state index in [2.05, 4.69) is 13.5 Å². The largest absolute Gasteiger partial charge is 0.466 e. The molecule has 0 spiro atoms. The van der Waals surface area contributed by atoms with E-state index in [1.807, 2.05) is 6.92 Å². The second-order valence-electron chi connectivity index (χ2n) is 6.74. The van der Waals surface area contributed by atoms with Crippen molar-refractivity contribution < 1.29 is 14.3 Å². The first kappa shape index (κ1) is 15.3. The Labute approximate surface area is 121 Å². The van der Waals surface area contributed by atoms with Crippen LogP contribution in [0.1, 0.15) is 52.9 Å². The van der Waals surface area contributed by atoms with Crippen LogP contribution in [0, 0.1) is 23.2 Å². The van der Waals surface area contributed by atoms with Gasteiger partial charge in [-0.05, 0) is 43.9 Å². The minimum absolute atomic E-state index is 0.0668. The molecule has 2 aliphatic carbocycles. The summed E-state index contributed by atoms with van der Waals surface area (Å²) >= 11 is 0. The van der Waals surface area contributed by atoms with E-state index in [0.29, 0.717) is 18.9 Å². The van der Waals surface area contributed by atoms with Crippen molar-refractivity contribution in [2.45, 2.75) is 52.9 Å². The van der Waals surface area contributed by atoms with Gasteiger partial charge in [-0.1, -0.05) is 26.0 Å². The first-order chi connectivity index (χ1) is 9.39. The van der Waals surface area contributed by atoms with Crippen LogP contribution in [0.4, 0.5) is 0 Å². The van der Waals surface area contributed by atoms with E-state index in [1.165, 1.54) is 5.57 Å². The lowest BCUT2D eigenvalue weighted by Crippen LogP contribution is -2.45. The van der Waals surface area contributed by atoms with Gasteiger partial charge in [0.15, 0.2) is 0 Å². The van der Waals surface area contributed by atoms with Crippen molar-refractivity contribution in [3.8, 4) is 0 Å². The van der Waals surface area contributed by atoms with Gasteiger partial charge in [0.2, 0.25) is 0 Å². The third-order valence-corrected chi connectivity index (χ3v) is 5.32. The zero-order valence-corrected chi connectivity index (χ0v) is 12.9. The van der Waals surface area contributed by atoms with E-state index in [0.717, 1.165) is 25.7 Å². The molecule has 0 radical (unpaired) electrons. The Balaban J connectivity index is 2.15. The van der Waals surface area contributed by atoms with E-state index in [4.69, 9.17) is 4.74 Å². The van der Waals surface area contributed by atoms with Crippen LogP contribution in [0.15, 0.2) is 12.2 Å². The number of hydrogen-bond donors (Lipinski definition) is 0. The first-order valence-corrected chi connectivity index (χ1v) is 7.76. The molecule has 0 bridgehead atoms. The number of esters is 1. The van der Waals surface area contributed by atoms with E-state index in [1.54, 1.807) is 6.92 Å². The van der Waals surface area contributed by atoms with Gasteiger partial charge in [-0.15, -0.1) is 0 Å². The van der Waals surface area contributed by atoms with Crippen LogP contribution in [-0.4, -0.2) is 18.4 Å². The third kappa shape index (κ3) is 2.68. The van der Waals surface area contributed by atoms with Crippen molar-refractivity contribution >= 4 is 11.8 Å². The Bertz CT molecular complexity index is 426. The van der Waals surface area contributed by atoms with Gasteiger partial charge in [-0.3, -0.25) is 9.59 Å². The number of ether oxygens (including phenoxy) is 1. The molecule has 0 aromatic rings. The van der Waals surface area contributed by atoms with Crippen LogP contribution in [0.3, 0.4) is 0 Å². The quantitative estimate of drug-likeness (QED) is 0.586. The lowest BCUT2D eigenvalue weighted by atomic mass is 9.55. The summed E-state index contributed by atoms with van der Waals surface area (Å²) in [6.07, 6.45) is 4.66. The number of carbonyl (C=O) groups is 2. The predicted octanol–water partition coefficient (Wildman–Crippen LogP) is 3.53.